The molecule has 1 saturated heterocycles. The Hall–Kier alpha value is -0.340. The van der Waals surface area contributed by atoms with Crippen molar-refractivity contribution in [3.8, 4) is 0 Å². The summed E-state index contributed by atoms with van der Waals surface area (Å²) in [4.78, 5) is 0. The third kappa shape index (κ3) is 3.12. The van der Waals surface area contributed by atoms with Crippen LogP contribution in [0.4, 0.5) is 0 Å². The summed E-state index contributed by atoms with van der Waals surface area (Å²) in [6.07, 6.45) is 5.59. The lowest BCUT2D eigenvalue weighted by molar-refractivity contribution is -0.143. The van der Waals surface area contributed by atoms with Gasteiger partial charge in [0.1, 0.15) is 0 Å². The maximum atomic E-state index is 5.75. The summed E-state index contributed by atoms with van der Waals surface area (Å²) in [6, 6.07) is 0. The maximum Gasteiger partial charge on any atom is 0.163 e. The Bertz CT molecular complexity index is 185. The van der Waals surface area contributed by atoms with E-state index in [1.807, 2.05) is 20.8 Å². The lowest BCUT2D eigenvalue weighted by Crippen LogP contribution is -2.25. The largest absolute Gasteiger partial charge is 0.348 e. The van der Waals surface area contributed by atoms with Crippen molar-refractivity contribution in [1.82, 2.24) is 0 Å². The molecule has 2 heteroatoms. The number of allylic oxidation sites excluding steroid dienone is 2. The van der Waals surface area contributed by atoms with Crippen LogP contribution in [-0.4, -0.2) is 18.5 Å². The van der Waals surface area contributed by atoms with Crippen molar-refractivity contribution in [2.75, 3.05) is 6.61 Å². The molecule has 76 valence electrons. The summed E-state index contributed by atoms with van der Waals surface area (Å²) in [5, 5.41) is 0. The molecule has 0 aromatic rings. The minimum Gasteiger partial charge on any atom is -0.348 e. The van der Waals surface area contributed by atoms with E-state index in [1.54, 1.807) is 0 Å². The summed E-state index contributed by atoms with van der Waals surface area (Å²) in [5.41, 5.74) is 0. The molecule has 0 aliphatic carbocycles. The molecule has 0 spiro atoms. The number of rotatable bonds is 3. The molecule has 0 saturated carbocycles. The first-order valence-electron chi connectivity index (χ1n) is 4.98. The van der Waals surface area contributed by atoms with Crippen LogP contribution in [0.25, 0.3) is 0 Å². The minimum absolute atomic E-state index is 0.256. The summed E-state index contributed by atoms with van der Waals surface area (Å²) in [7, 11) is 0. The number of hydrogen-bond donors (Lipinski definition) is 0. The molecule has 2 atom stereocenters. The van der Waals surface area contributed by atoms with Crippen molar-refractivity contribution in [3.63, 3.8) is 0 Å². The van der Waals surface area contributed by atoms with Gasteiger partial charge in [0.15, 0.2) is 5.79 Å². The monoisotopic (exact) mass is 184 g/mol. The van der Waals surface area contributed by atoms with Gasteiger partial charge in [-0.05, 0) is 33.1 Å². The first-order valence-corrected chi connectivity index (χ1v) is 4.98. The van der Waals surface area contributed by atoms with E-state index >= 15 is 0 Å². The van der Waals surface area contributed by atoms with Crippen molar-refractivity contribution in [3.05, 3.63) is 12.2 Å². The van der Waals surface area contributed by atoms with Crippen molar-refractivity contribution in [2.24, 2.45) is 5.92 Å². The fourth-order valence-electron chi connectivity index (χ4n) is 1.50. The van der Waals surface area contributed by atoms with E-state index in [9.17, 15) is 0 Å². The van der Waals surface area contributed by atoms with Gasteiger partial charge in [0.05, 0.1) is 12.7 Å². The van der Waals surface area contributed by atoms with Gasteiger partial charge in [0, 0.05) is 0 Å². The molecule has 1 aliphatic rings. The SMILES string of the molecule is C/C=C/C[C@@H](C)[C@@H]1COC(C)(C)O1. The third-order valence-corrected chi connectivity index (χ3v) is 2.41. The smallest absolute Gasteiger partial charge is 0.163 e. The Morgan fingerprint density at radius 3 is 2.69 bits per heavy atom. The molecule has 0 N–H and O–H groups in total. The van der Waals surface area contributed by atoms with Gasteiger partial charge in [-0.3, -0.25) is 0 Å². The van der Waals surface area contributed by atoms with Gasteiger partial charge in [-0.15, -0.1) is 0 Å². The molecule has 1 aliphatic heterocycles. The van der Waals surface area contributed by atoms with Crippen LogP contribution in [0.15, 0.2) is 12.2 Å². The fourth-order valence-corrected chi connectivity index (χ4v) is 1.50. The van der Waals surface area contributed by atoms with Gasteiger partial charge < -0.3 is 9.47 Å². The highest BCUT2D eigenvalue weighted by atomic mass is 16.7. The topological polar surface area (TPSA) is 18.5 Å². The van der Waals surface area contributed by atoms with Crippen molar-refractivity contribution < 1.29 is 9.47 Å². The Labute approximate surface area is 80.9 Å². The van der Waals surface area contributed by atoms with Gasteiger partial charge >= 0.3 is 0 Å². The van der Waals surface area contributed by atoms with Gasteiger partial charge in [-0.2, -0.15) is 0 Å². The average molecular weight is 184 g/mol. The third-order valence-electron chi connectivity index (χ3n) is 2.41. The second-order valence-corrected chi connectivity index (χ2v) is 4.15. The Morgan fingerprint density at radius 1 is 1.54 bits per heavy atom. The zero-order chi connectivity index (χ0) is 9.90. The predicted molar refractivity (Wildman–Crippen MR) is 53.5 cm³/mol. The maximum absolute atomic E-state index is 5.75. The average Bonchev–Trinajstić information content (AvgIpc) is 2.42. The molecular weight excluding hydrogens is 164 g/mol. The summed E-state index contributed by atoms with van der Waals surface area (Å²) >= 11 is 0. The van der Waals surface area contributed by atoms with E-state index in [0.29, 0.717) is 5.92 Å². The van der Waals surface area contributed by atoms with Crippen LogP contribution in [0, 0.1) is 5.92 Å². The predicted octanol–water partition coefficient (Wildman–Crippen LogP) is 2.74. The minimum atomic E-state index is -0.380. The molecule has 0 bridgehead atoms. The summed E-state index contributed by atoms with van der Waals surface area (Å²) in [6.45, 7) is 8.91. The van der Waals surface area contributed by atoms with Crippen LogP contribution < -0.4 is 0 Å². The van der Waals surface area contributed by atoms with Crippen LogP contribution in [-0.2, 0) is 9.47 Å². The lowest BCUT2D eigenvalue weighted by Gasteiger charge is -2.20. The zero-order valence-electron chi connectivity index (χ0n) is 9.04. The van der Waals surface area contributed by atoms with E-state index in [0.717, 1.165) is 13.0 Å². The van der Waals surface area contributed by atoms with Gasteiger partial charge in [0.2, 0.25) is 0 Å². The number of ether oxygens (including phenoxy) is 2. The Morgan fingerprint density at radius 2 is 2.23 bits per heavy atom. The van der Waals surface area contributed by atoms with Crippen LogP contribution >= 0.6 is 0 Å². The van der Waals surface area contributed by atoms with Crippen molar-refractivity contribution in [1.29, 1.82) is 0 Å². The second-order valence-electron chi connectivity index (χ2n) is 4.15. The molecule has 1 heterocycles. The highest BCUT2D eigenvalue weighted by Gasteiger charge is 2.34. The molecule has 13 heavy (non-hydrogen) atoms. The molecule has 2 nitrogen and oxygen atoms in total. The highest BCUT2D eigenvalue weighted by Crippen LogP contribution is 2.27. The van der Waals surface area contributed by atoms with Gasteiger partial charge in [-0.25, -0.2) is 0 Å². The van der Waals surface area contributed by atoms with Crippen LogP contribution in [0.3, 0.4) is 0 Å². The normalized spacial score (nSPS) is 29.7. The molecule has 1 fully saturated rings. The molecule has 1 rings (SSSR count). The summed E-state index contributed by atoms with van der Waals surface area (Å²) < 4.78 is 11.3. The first kappa shape index (κ1) is 10.7. The Kier molecular flexibility index (Phi) is 3.51. The zero-order valence-corrected chi connectivity index (χ0v) is 9.04. The fraction of sp³-hybridized carbons (Fsp3) is 0.818. The van der Waals surface area contributed by atoms with Crippen molar-refractivity contribution in [2.45, 2.75) is 46.0 Å². The lowest BCUT2D eigenvalue weighted by atomic mass is 10.0. The number of hydrogen-bond acceptors (Lipinski definition) is 2. The summed E-state index contributed by atoms with van der Waals surface area (Å²) in [5.74, 6) is 0.160. The molecule has 0 aromatic heterocycles. The van der Waals surface area contributed by atoms with E-state index in [-0.39, 0.29) is 11.9 Å². The van der Waals surface area contributed by atoms with Crippen LogP contribution in [0.2, 0.25) is 0 Å². The molecule has 0 radical (unpaired) electrons. The molecular formula is C11H20O2. The standard InChI is InChI=1S/C11H20O2/c1-5-6-7-9(2)10-8-12-11(3,4)13-10/h5-6,9-10H,7-8H2,1-4H3/b6-5+/t9-,10+/m1/s1. The van der Waals surface area contributed by atoms with Gasteiger partial charge in [0.25, 0.3) is 0 Å². The van der Waals surface area contributed by atoms with E-state index in [1.165, 1.54) is 0 Å². The van der Waals surface area contributed by atoms with Crippen LogP contribution in [0.1, 0.15) is 34.1 Å². The second kappa shape index (κ2) is 4.25. The molecule has 0 amide bonds. The van der Waals surface area contributed by atoms with Crippen LogP contribution in [0.5, 0.6) is 0 Å². The van der Waals surface area contributed by atoms with Gasteiger partial charge in [-0.1, -0.05) is 19.1 Å². The van der Waals surface area contributed by atoms with E-state index in [4.69, 9.17) is 9.47 Å². The highest BCUT2D eigenvalue weighted by molar-refractivity contribution is 4.84. The Balaban J connectivity index is 2.37. The first-order chi connectivity index (χ1) is 6.05. The van der Waals surface area contributed by atoms with E-state index < -0.39 is 0 Å². The van der Waals surface area contributed by atoms with E-state index in [2.05, 4.69) is 19.1 Å². The molecule has 0 unspecified atom stereocenters. The quantitative estimate of drug-likeness (QED) is 0.628. The van der Waals surface area contributed by atoms with Crippen molar-refractivity contribution >= 4 is 0 Å². The molecule has 0 aromatic carbocycles.